The summed E-state index contributed by atoms with van der Waals surface area (Å²) in [4.78, 5) is 50.2. The van der Waals surface area contributed by atoms with Gasteiger partial charge in [-0.25, -0.2) is 0 Å². The number of amides is 3. The van der Waals surface area contributed by atoms with Gasteiger partial charge in [-0.3, -0.25) is 24.2 Å². The van der Waals surface area contributed by atoms with Crippen LogP contribution in [0.5, 0.6) is 0 Å². The van der Waals surface area contributed by atoms with Crippen LogP contribution in [0, 0.1) is 0 Å². The zero-order valence-electron chi connectivity index (χ0n) is 15.1. The van der Waals surface area contributed by atoms with Crippen LogP contribution in [-0.4, -0.2) is 83.4 Å². The van der Waals surface area contributed by atoms with Crippen molar-refractivity contribution in [2.24, 2.45) is 22.2 Å². The Morgan fingerprint density at radius 1 is 1.04 bits per heavy atom. The SMILES string of the molecule is NC(N)=NCCCC(N)C(=O)NC(CS)C(=O)NC(CO)C(=O)NCC(=O)O. The quantitative estimate of drug-likeness (QED) is 0.0601. The Balaban J connectivity index is 4.63. The molecule has 14 heteroatoms. The normalized spacial score (nSPS) is 13.5. The molecule has 3 atom stereocenters. The summed E-state index contributed by atoms with van der Waals surface area (Å²) in [5.41, 5.74) is 16.1. The van der Waals surface area contributed by atoms with Crippen LogP contribution >= 0.6 is 12.6 Å². The average Bonchev–Trinajstić information content (AvgIpc) is 2.64. The Morgan fingerprint density at radius 3 is 2.14 bits per heavy atom. The Morgan fingerprint density at radius 2 is 1.64 bits per heavy atom. The highest BCUT2D eigenvalue weighted by Crippen LogP contribution is 1.98. The van der Waals surface area contributed by atoms with Gasteiger partial charge in [-0.2, -0.15) is 12.6 Å². The number of aliphatic carboxylic acids is 1. The van der Waals surface area contributed by atoms with Gasteiger partial charge in [0, 0.05) is 12.3 Å². The first-order valence-electron chi connectivity index (χ1n) is 8.25. The zero-order chi connectivity index (χ0) is 21.7. The predicted molar refractivity (Wildman–Crippen MR) is 103 cm³/mol. The molecule has 0 aromatic rings. The molecule has 13 nitrogen and oxygen atoms in total. The first-order valence-corrected chi connectivity index (χ1v) is 8.88. The summed E-state index contributed by atoms with van der Waals surface area (Å²) >= 11 is 3.98. The standard InChI is InChI=1S/C14H27N7O6S/c15-7(2-1-3-18-14(16)17)11(25)21-9(6-28)13(27)20-8(5-22)12(26)19-4-10(23)24/h7-9,22,28H,1-6,15H2,(H,19,26)(H,20,27)(H,21,25)(H,23,24)(H4,16,17,18). The van der Waals surface area contributed by atoms with E-state index in [4.69, 9.17) is 22.3 Å². The van der Waals surface area contributed by atoms with E-state index in [0.717, 1.165) is 0 Å². The van der Waals surface area contributed by atoms with Crippen molar-refractivity contribution in [1.82, 2.24) is 16.0 Å². The fourth-order valence-electron chi connectivity index (χ4n) is 1.88. The summed E-state index contributed by atoms with van der Waals surface area (Å²) in [6.45, 7) is -1.15. The smallest absolute Gasteiger partial charge is 0.322 e. The number of aliphatic hydroxyl groups is 1. The summed E-state index contributed by atoms with van der Waals surface area (Å²) < 4.78 is 0. The van der Waals surface area contributed by atoms with Crippen LogP contribution in [-0.2, 0) is 19.2 Å². The molecule has 0 bridgehead atoms. The highest BCUT2D eigenvalue weighted by Gasteiger charge is 2.27. The number of thiol groups is 1. The van der Waals surface area contributed by atoms with Crippen LogP contribution in [0.25, 0.3) is 0 Å². The molecule has 0 aliphatic rings. The van der Waals surface area contributed by atoms with Gasteiger partial charge in [0.25, 0.3) is 0 Å². The zero-order valence-corrected chi connectivity index (χ0v) is 16.0. The lowest BCUT2D eigenvalue weighted by Crippen LogP contribution is -2.57. The van der Waals surface area contributed by atoms with E-state index in [-0.39, 0.29) is 18.1 Å². The molecule has 0 heterocycles. The number of carbonyl (C=O) groups excluding carboxylic acids is 3. The molecular formula is C14H27N7O6S. The number of nitrogens with one attached hydrogen (secondary N) is 3. The maximum atomic E-state index is 12.2. The van der Waals surface area contributed by atoms with E-state index >= 15 is 0 Å². The summed E-state index contributed by atoms with van der Waals surface area (Å²) in [5.74, 6) is -3.76. The van der Waals surface area contributed by atoms with E-state index in [1.165, 1.54) is 0 Å². The molecule has 0 aliphatic heterocycles. The Bertz CT molecular complexity index is 585. The number of nitrogens with zero attached hydrogens (tertiary/aromatic N) is 1. The molecule has 0 aliphatic carbocycles. The monoisotopic (exact) mass is 421 g/mol. The van der Waals surface area contributed by atoms with Crippen molar-refractivity contribution >= 4 is 42.3 Å². The van der Waals surface area contributed by atoms with Gasteiger partial charge in [0.15, 0.2) is 5.96 Å². The second-order valence-corrected chi connectivity index (χ2v) is 6.02. The van der Waals surface area contributed by atoms with Crippen LogP contribution in [0.4, 0.5) is 0 Å². The molecule has 0 aromatic heterocycles. The number of rotatable bonds is 13. The fourth-order valence-corrected chi connectivity index (χ4v) is 2.13. The van der Waals surface area contributed by atoms with Crippen molar-refractivity contribution in [3.05, 3.63) is 0 Å². The van der Waals surface area contributed by atoms with Gasteiger partial charge in [0.2, 0.25) is 17.7 Å². The summed E-state index contributed by atoms with van der Waals surface area (Å²) in [6, 6.07) is -3.43. The second-order valence-electron chi connectivity index (χ2n) is 5.65. The lowest BCUT2D eigenvalue weighted by Gasteiger charge is -2.22. The minimum absolute atomic E-state index is 0.0735. The molecule has 0 saturated heterocycles. The number of hydrogen-bond acceptors (Lipinski definition) is 8. The first kappa shape index (κ1) is 25.4. The molecule has 0 saturated carbocycles. The number of aliphatic imine (C=N–C) groups is 1. The molecule has 0 rings (SSSR count). The Labute approximate surface area is 166 Å². The van der Waals surface area contributed by atoms with Gasteiger partial charge in [0.1, 0.15) is 18.6 Å². The van der Waals surface area contributed by atoms with Crippen LogP contribution in [0.1, 0.15) is 12.8 Å². The van der Waals surface area contributed by atoms with Crippen molar-refractivity contribution in [2.75, 3.05) is 25.4 Å². The van der Waals surface area contributed by atoms with E-state index in [1.54, 1.807) is 0 Å². The molecule has 0 fully saturated rings. The molecule has 11 N–H and O–H groups in total. The molecule has 0 radical (unpaired) electrons. The lowest BCUT2D eigenvalue weighted by molar-refractivity contribution is -0.138. The Hall–Kier alpha value is -2.58. The topological polar surface area (TPSA) is 235 Å². The lowest BCUT2D eigenvalue weighted by atomic mass is 10.1. The minimum Gasteiger partial charge on any atom is -0.480 e. The van der Waals surface area contributed by atoms with Crippen LogP contribution in [0.3, 0.4) is 0 Å². The van der Waals surface area contributed by atoms with Gasteiger partial charge >= 0.3 is 5.97 Å². The third kappa shape index (κ3) is 10.5. The van der Waals surface area contributed by atoms with Gasteiger partial charge in [-0.05, 0) is 12.8 Å². The predicted octanol–water partition coefficient (Wildman–Crippen LogP) is -4.54. The van der Waals surface area contributed by atoms with Gasteiger partial charge in [0.05, 0.1) is 12.6 Å². The number of carboxylic acid groups (broad SMARTS) is 1. The molecular weight excluding hydrogens is 394 g/mol. The maximum absolute atomic E-state index is 12.2. The summed E-state index contributed by atoms with van der Waals surface area (Å²) in [6.07, 6.45) is 0.709. The van der Waals surface area contributed by atoms with E-state index in [0.29, 0.717) is 13.0 Å². The number of hydrogen-bond donors (Lipinski definition) is 9. The van der Waals surface area contributed by atoms with Crippen molar-refractivity contribution in [3.8, 4) is 0 Å². The van der Waals surface area contributed by atoms with Crippen molar-refractivity contribution < 1.29 is 29.4 Å². The van der Waals surface area contributed by atoms with Gasteiger partial charge in [-0.1, -0.05) is 0 Å². The van der Waals surface area contributed by atoms with Crippen LogP contribution in [0.2, 0.25) is 0 Å². The Kier molecular flexibility index (Phi) is 12.3. The first-order chi connectivity index (χ1) is 13.1. The molecule has 3 amide bonds. The molecule has 0 spiro atoms. The fraction of sp³-hybridized carbons (Fsp3) is 0.643. The van der Waals surface area contributed by atoms with Gasteiger partial charge < -0.3 is 43.4 Å². The third-order valence-electron chi connectivity index (χ3n) is 3.35. The summed E-state index contributed by atoms with van der Waals surface area (Å²) in [5, 5.41) is 24.4. The van der Waals surface area contributed by atoms with E-state index in [1.807, 2.05) is 5.32 Å². The maximum Gasteiger partial charge on any atom is 0.322 e. The number of carboxylic acids is 1. The van der Waals surface area contributed by atoms with E-state index in [9.17, 15) is 24.3 Å². The third-order valence-corrected chi connectivity index (χ3v) is 3.71. The number of nitrogens with two attached hydrogens (primary N) is 3. The van der Waals surface area contributed by atoms with Crippen molar-refractivity contribution in [3.63, 3.8) is 0 Å². The van der Waals surface area contributed by atoms with E-state index in [2.05, 4.69) is 28.3 Å². The average molecular weight is 421 g/mol. The molecule has 160 valence electrons. The van der Waals surface area contributed by atoms with E-state index < -0.39 is 55.0 Å². The van der Waals surface area contributed by atoms with Crippen molar-refractivity contribution in [1.29, 1.82) is 0 Å². The highest BCUT2D eigenvalue weighted by atomic mass is 32.1. The molecule has 3 unspecified atom stereocenters. The number of carbonyl (C=O) groups is 4. The number of guanidine groups is 1. The van der Waals surface area contributed by atoms with Crippen LogP contribution in [0.15, 0.2) is 4.99 Å². The number of aliphatic hydroxyl groups excluding tert-OH is 1. The molecule has 0 aromatic carbocycles. The van der Waals surface area contributed by atoms with Gasteiger partial charge in [-0.15, -0.1) is 0 Å². The largest absolute Gasteiger partial charge is 0.480 e. The summed E-state index contributed by atoms with van der Waals surface area (Å²) in [7, 11) is 0. The second kappa shape index (κ2) is 13.6. The van der Waals surface area contributed by atoms with Crippen molar-refractivity contribution in [2.45, 2.75) is 31.0 Å². The molecule has 28 heavy (non-hydrogen) atoms. The van der Waals surface area contributed by atoms with Crippen LogP contribution < -0.4 is 33.2 Å². The highest BCUT2D eigenvalue weighted by molar-refractivity contribution is 7.80. The minimum atomic E-state index is -1.39.